The number of halogens is 6. The van der Waals surface area contributed by atoms with E-state index in [0.29, 0.717) is 6.42 Å². The van der Waals surface area contributed by atoms with Gasteiger partial charge in [0.05, 0.1) is 16.7 Å². The molecule has 0 bridgehead atoms. The smallest absolute Gasteiger partial charge is 0.326 e. The minimum Gasteiger partial charge on any atom is -0.490 e. The number of nitrogens with one attached hydrogen (secondary N) is 2. The van der Waals surface area contributed by atoms with Gasteiger partial charge in [-0.15, -0.1) is 23.2 Å². The Morgan fingerprint density at radius 1 is 1.14 bits per heavy atom. The van der Waals surface area contributed by atoms with E-state index in [-0.39, 0.29) is 34.0 Å². The third-order valence-corrected chi connectivity index (χ3v) is 5.54. The molecule has 0 spiro atoms. The molecule has 1 saturated carbocycles. The molecule has 0 aliphatic heterocycles. The lowest BCUT2D eigenvalue weighted by molar-refractivity contribution is 0.0959. The number of imide groups is 1. The highest BCUT2D eigenvalue weighted by atomic mass is 35.5. The molecule has 1 atom stereocenters. The first-order valence-corrected chi connectivity index (χ1v) is 9.65. The number of hydrogen-bond acceptors (Lipinski definition) is 3. The van der Waals surface area contributed by atoms with Crippen LogP contribution in [0, 0.1) is 17.6 Å². The maximum Gasteiger partial charge on any atom is 0.326 e. The summed E-state index contributed by atoms with van der Waals surface area (Å²) in [5, 5.41) is 4.30. The van der Waals surface area contributed by atoms with Crippen molar-refractivity contribution in [1.82, 2.24) is 5.32 Å². The molecule has 2 N–H and O–H groups in total. The van der Waals surface area contributed by atoms with Crippen LogP contribution in [0.2, 0.25) is 10.0 Å². The molecule has 2 aromatic carbocycles. The van der Waals surface area contributed by atoms with E-state index < -0.39 is 33.5 Å². The maximum absolute atomic E-state index is 13.6. The Kier molecular flexibility index (Phi) is 6.43. The largest absolute Gasteiger partial charge is 0.490 e. The van der Waals surface area contributed by atoms with Crippen LogP contribution in [-0.2, 0) is 0 Å². The summed E-state index contributed by atoms with van der Waals surface area (Å²) in [6, 6.07) is 4.52. The molecule has 0 aromatic heterocycles. The number of benzene rings is 2. The molecule has 2 aromatic rings. The van der Waals surface area contributed by atoms with Crippen LogP contribution in [0.3, 0.4) is 0 Å². The zero-order valence-corrected chi connectivity index (χ0v) is 17.4. The van der Waals surface area contributed by atoms with Crippen LogP contribution in [0.25, 0.3) is 0 Å². The van der Waals surface area contributed by atoms with Gasteiger partial charge in [-0.25, -0.2) is 13.6 Å². The van der Waals surface area contributed by atoms with E-state index in [4.69, 9.17) is 51.1 Å². The van der Waals surface area contributed by atoms with Gasteiger partial charge in [-0.2, -0.15) is 0 Å². The molecule has 0 heterocycles. The second kappa shape index (κ2) is 8.52. The lowest BCUT2D eigenvalue weighted by atomic mass is 10.2. The first-order valence-electron chi connectivity index (χ1n) is 8.14. The number of anilines is 1. The van der Waals surface area contributed by atoms with Crippen molar-refractivity contribution >= 4 is 64.0 Å². The summed E-state index contributed by atoms with van der Waals surface area (Å²) >= 11 is 24.1. The SMILES string of the molecule is O=C(NC(=O)c1c(F)cccc1F)Nc1cc(Cl)c(OCC2CC2(Cl)Cl)c(Cl)c1. The van der Waals surface area contributed by atoms with Crippen LogP contribution in [0.1, 0.15) is 16.8 Å². The average molecular weight is 484 g/mol. The summed E-state index contributed by atoms with van der Waals surface area (Å²) in [5.41, 5.74) is -0.751. The standard InChI is InChI=1S/C18H12Cl4F2N2O3/c19-10-4-9(5-11(20)15(10)29-7-8-6-18(8,21)22)25-17(28)26-16(27)14-12(23)2-1-3-13(14)24/h1-5,8H,6-7H2,(H2,25,26,27,28). The van der Waals surface area contributed by atoms with E-state index in [1.54, 1.807) is 0 Å². The van der Waals surface area contributed by atoms with Crippen molar-refractivity contribution in [2.75, 3.05) is 11.9 Å². The van der Waals surface area contributed by atoms with Crippen LogP contribution in [0.15, 0.2) is 30.3 Å². The average Bonchev–Trinajstić information content (AvgIpc) is 3.20. The fraction of sp³-hybridized carbons (Fsp3) is 0.222. The Morgan fingerprint density at radius 3 is 2.21 bits per heavy atom. The topological polar surface area (TPSA) is 67.4 Å². The highest BCUT2D eigenvalue weighted by Crippen LogP contribution is 2.53. The van der Waals surface area contributed by atoms with Gasteiger partial charge in [-0.3, -0.25) is 10.1 Å². The number of urea groups is 1. The fourth-order valence-corrected chi connectivity index (χ4v) is 3.54. The summed E-state index contributed by atoms with van der Waals surface area (Å²) < 4.78 is 31.9. The molecule has 1 aliphatic carbocycles. The second-order valence-electron chi connectivity index (χ2n) is 6.25. The normalized spacial score (nSPS) is 16.8. The summed E-state index contributed by atoms with van der Waals surface area (Å²) in [6.45, 7) is 0.211. The van der Waals surface area contributed by atoms with E-state index in [1.807, 2.05) is 5.32 Å². The van der Waals surface area contributed by atoms with E-state index in [0.717, 1.165) is 18.2 Å². The molecule has 1 unspecified atom stereocenters. The quantitative estimate of drug-likeness (QED) is 0.527. The monoisotopic (exact) mass is 482 g/mol. The Hall–Kier alpha value is -1.80. The minimum absolute atomic E-state index is 0.0497. The van der Waals surface area contributed by atoms with Crippen LogP contribution in [0.5, 0.6) is 5.75 Å². The van der Waals surface area contributed by atoms with E-state index in [2.05, 4.69) is 5.32 Å². The van der Waals surface area contributed by atoms with Crippen molar-refractivity contribution in [3.8, 4) is 5.75 Å². The molecule has 3 amide bonds. The number of carbonyl (C=O) groups is 2. The van der Waals surface area contributed by atoms with Crippen molar-refractivity contribution < 1.29 is 23.1 Å². The molecule has 0 radical (unpaired) electrons. The molecular weight excluding hydrogens is 472 g/mol. The van der Waals surface area contributed by atoms with Gasteiger partial charge in [0.15, 0.2) is 5.75 Å². The molecule has 3 rings (SSSR count). The Labute approximate surface area is 184 Å². The van der Waals surface area contributed by atoms with E-state index >= 15 is 0 Å². The molecule has 154 valence electrons. The third kappa shape index (κ3) is 5.22. The molecule has 0 saturated heterocycles. The van der Waals surface area contributed by atoms with Crippen LogP contribution >= 0.6 is 46.4 Å². The van der Waals surface area contributed by atoms with Gasteiger partial charge in [0.25, 0.3) is 5.91 Å². The minimum atomic E-state index is -1.25. The van der Waals surface area contributed by atoms with Gasteiger partial charge >= 0.3 is 6.03 Å². The van der Waals surface area contributed by atoms with Crippen LogP contribution in [0.4, 0.5) is 19.3 Å². The maximum atomic E-state index is 13.6. The fourth-order valence-electron chi connectivity index (χ4n) is 2.45. The van der Waals surface area contributed by atoms with Gasteiger partial charge in [0.2, 0.25) is 0 Å². The molecule has 5 nitrogen and oxygen atoms in total. The number of carbonyl (C=O) groups excluding carboxylic acids is 2. The van der Waals surface area contributed by atoms with Crippen LogP contribution < -0.4 is 15.4 Å². The second-order valence-corrected chi connectivity index (χ2v) is 8.60. The zero-order chi connectivity index (χ0) is 21.3. The lowest BCUT2D eigenvalue weighted by Gasteiger charge is -2.13. The Morgan fingerprint density at radius 2 is 1.69 bits per heavy atom. The summed E-state index contributed by atoms with van der Waals surface area (Å²) in [7, 11) is 0. The summed E-state index contributed by atoms with van der Waals surface area (Å²) in [5.74, 6) is -3.32. The molecule has 29 heavy (non-hydrogen) atoms. The van der Waals surface area contributed by atoms with Crippen molar-refractivity contribution in [2.45, 2.75) is 10.8 Å². The molecule has 1 fully saturated rings. The number of amides is 3. The summed E-state index contributed by atoms with van der Waals surface area (Å²) in [6.07, 6.45) is 0.585. The van der Waals surface area contributed by atoms with E-state index in [1.165, 1.54) is 12.1 Å². The van der Waals surface area contributed by atoms with Crippen LogP contribution in [-0.4, -0.2) is 22.9 Å². The van der Waals surface area contributed by atoms with Gasteiger partial charge in [0, 0.05) is 11.6 Å². The predicted molar refractivity (Wildman–Crippen MR) is 107 cm³/mol. The van der Waals surface area contributed by atoms with Gasteiger partial charge in [0.1, 0.15) is 21.5 Å². The van der Waals surface area contributed by atoms with Crippen molar-refractivity contribution in [2.24, 2.45) is 5.92 Å². The molecule has 11 heteroatoms. The van der Waals surface area contributed by atoms with Crippen molar-refractivity contribution in [3.05, 3.63) is 57.6 Å². The van der Waals surface area contributed by atoms with E-state index in [9.17, 15) is 18.4 Å². The highest BCUT2D eigenvalue weighted by molar-refractivity contribution is 6.50. The highest BCUT2D eigenvalue weighted by Gasteiger charge is 2.52. The number of hydrogen-bond donors (Lipinski definition) is 2. The number of alkyl halides is 2. The Balaban J connectivity index is 1.64. The Bertz CT molecular complexity index is 944. The molecule has 1 aliphatic rings. The predicted octanol–water partition coefficient (Wildman–Crippen LogP) is 5.81. The summed E-state index contributed by atoms with van der Waals surface area (Å²) in [4.78, 5) is 23.9. The number of ether oxygens (including phenoxy) is 1. The number of rotatable bonds is 5. The first kappa shape index (κ1) is 21.9. The lowest BCUT2D eigenvalue weighted by Crippen LogP contribution is -2.35. The van der Waals surface area contributed by atoms with Crippen molar-refractivity contribution in [1.29, 1.82) is 0 Å². The van der Waals surface area contributed by atoms with Gasteiger partial charge in [-0.1, -0.05) is 29.3 Å². The van der Waals surface area contributed by atoms with Gasteiger partial charge < -0.3 is 10.1 Å². The van der Waals surface area contributed by atoms with Gasteiger partial charge in [-0.05, 0) is 30.7 Å². The van der Waals surface area contributed by atoms with Crippen molar-refractivity contribution in [3.63, 3.8) is 0 Å². The molecular formula is C18H12Cl4F2N2O3. The zero-order valence-electron chi connectivity index (χ0n) is 14.4. The first-order chi connectivity index (χ1) is 13.6. The third-order valence-electron chi connectivity index (χ3n) is 4.06.